The topological polar surface area (TPSA) is 75.5 Å². The first kappa shape index (κ1) is 92.0. The van der Waals surface area contributed by atoms with E-state index in [1.807, 2.05) is 54.6 Å². The first-order valence-electron chi connectivity index (χ1n) is 50.2. The molecule has 0 radical (unpaired) electrons. The van der Waals surface area contributed by atoms with Gasteiger partial charge in [0.15, 0.2) is 0 Å². The number of aromatic nitrogens is 7. The molecule has 0 fully saturated rings. The summed E-state index contributed by atoms with van der Waals surface area (Å²) in [6, 6.07) is 116. The minimum atomic E-state index is -0.0460. The maximum Gasteiger partial charge on any atom is 3.00 e. The molecule has 0 aliphatic heterocycles. The average Bonchev–Trinajstić information content (AvgIpc) is 1.56. The van der Waals surface area contributed by atoms with Crippen molar-refractivity contribution >= 4 is 76.2 Å². The van der Waals surface area contributed by atoms with Crippen molar-refractivity contribution in [2.75, 3.05) is 0 Å². The van der Waals surface area contributed by atoms with Gasteiger partial charge >= 0.3 is 20.1 Å². The summed E-state index contributed by atoms with van der Waals surface area (Å²) < 4.78 is 5.03. The van der Waals surface area contributed by atoms with Gasteiger partial charge in [0.25, 0.3) is 0 Å². The summed E-state index contributed by atoms with van der Waals surface area (Å²) in [5.41, 5.74) is 33.7. The summed E-state index contributed by atoms with van der Waals surface area (Å²) >= 11 is 0. The van der Waals surface area contributed by atoms with E-state index in [-0.39, 0.29) is 30.9 Å². The standard InChI is InChI=1S/2C57H59N2.C12H8N3.Ir/c2*1-4-6-8-10-12-20-36-57(37-21-13-11-9-7-5-2)52-38-42(43-30-35-54(58-40-43)49-32-28-41(3)45-22-14-15-23-46(45)49)29-33-47(52)48-34-31-44(39-53(48)57)59-55-26-18-16-24-50(55)51-25-17-19-27-56(51)59;1-2-6-10-9(5-1)14-12(15-10)11-7-3-4-8-13-11;/h2*14,16-19,22-35,38-40H,4-13,20-21,36-37H2,1-3H3;1-8H;/q3*-1;+3. The zero-order valence-corrected chi connectivity index (χ0v) is 81.7. The minimum Gasteiger partial charge on any atom is -0.434 e. The van der Waals surface area contributed by atoms with E-state index in [4.69, 9.17) is 9.97 Å². The number of benzene rings is 13. The second kappa shape index (κ2) is 42.8. The third-order valence-electron chi connectivity index (χ3n) is 29.3. The van der Waals surface area contributed by atoms with Crippen molar-refractivity contribution in [3.05, 3.63) is 361 Å². The number of fused-ring (bicyclic) bond motifs is 15. The van der Waals surface area contributed by atoms with E-state index in [1.165, 1.54) is 334 Å². The Bertz CT molecular complexity index is 6700. The van der Waals surface area contributed by atoms with Crippen molar-refractivity contribution in [3.8, 4) is 89.9 Å². The van der Waals surface area contributed by atoms with E-state index in [1.54, 1.807) is 6.20 Å². The van der Waals surface area contributed by atoms with E-state index in [0.29, 0.717) is 5.82 Å². The molecule has 7 nitrogen and oxygen atoms in total. The monoisotopic (exact) mass is 1930 g/mol. The largest absolute Gasteiger partial charge is 3.00 e. The number of nitrogens with zero attached hydrogens (tertiary/aromatic N) is 7. The van der Waals surface area contributed by atoms with Gasteiger partial charge in [0.05, 0.1) is 39.1 Å². The van der Waals surface area contributed by atoms with Gasteiger partial charge in [-0.15, -0.1) is 21.5 Å². The van der Waals surface area contributed by atoms with Crippen LogP contribution in [0.15, 0.2) is 316 Å². The first-order chi connectivity index (χ1) is 65.6. The molecule has 134 heavy (non-hydrogen) atoms. The molecule has 2 aliphatic carbocycles. The Kier molecular flexibility index (Phi) is 29.4. The van der Waals surface area contributed by atoms with Crippen LogP contribution >= 0.6 is 0 Å². The molecule has 0 N–H and O–H groups in total. The Balaban J connectivity index is 0.000000153. The minimum absolute atomic E-state index is 0. The van der Waals surface area contributed by atoms with Gasteiger partial charge in [-0.2, -0.15) is 48.5 Å². The van der Waals surface area contributed by atoms with Crippen LogP contribution < -0.4 is 4.98 Å². The molecule has 8 heteroatoms. The third-order valence-corrected chi connectivity index (χ3v) is 29.3. The predicted molar refractivity (Wildman–Crippen MR) is 564 cm³/mol. The van der Waals surface area contributed by atoms with Gasteiger partial charge in [0.2, 0.25) is 0 Å². The number of hydrogen-bond donors (Lipinski definition) is 0. The maximum absolute atomic E-state index is 5.12. The van der Waals surface area contributed by atoms with Crippen LogP contribution in [0.2, 0.25) is 0 Å². The smallest absolute Gasteiger partial charge is 0.434 e. The molecular weight excluding hydrogens is 1800 g/mol. The van der Waals surface area contributed by atoms with Crippen LogP contribution in [0.1, 0.15) is 241 Å². The second-order valence-corrected chi connectivity index (χ2v) is 37.9. The molecule has 0 unspecified atom stereocenters. The van der Waals surface area contributed by atoms with Crippen molar-refractivity contribution in [2.45, 2.75) is 232 Å². The van der Waals surface area contributed by atoms with Crippen LogP contribution in [0, 0.1) is 26.0 Å². The van der Waals surface area contributed by atoms with Gasteiger partial charge in [-0.3, -0.25) is 15.0 Å². The summed E-state index contributed by atoms with van der Waals surface area (Å²) in [5, 5.41) is 10.2. The molecule has 0 amide bonds. The summed E-state index contributed by atoms with van der Waals surface area (Å²) in [6.45, 7) is 13.6. The Morgan fingerprint density at radius 3 is 1.02 bits per heavy atom. The molecular formula is C126H126IrN7. The van der Waals surface area contributed by atoms with Crippen LogP contribution in [0.25, 0.3) is 166 Å². The van der Waals surface area contributed by atoms with E-state index >= 15 is 0 Å². The molecule has 21 rings (SSSR count). The van der Waals surface area contributed by atoms with E-state index in [2.05, 4.69) is 333 Å². The number of para-hydroxylation sites is 6. The quantitative estimate of drug-likeness (QED) is 0.0292. The number of unbranched alkanes of at least 4 members (excludes halogenated alkanes) is 20. The molecule has 0 spiro atoms. The van der Waals surface area contributed by atoms with Crippen LogP contribution in [0.5, 0.6) is 0 Å². The van der Waals surface area contributed by atoms with Crippen molar-refractivity contribution in [1.29, 1.82) is 0 Å². The van der Waals surface area contributed by atoms with Crippen LogP contribution in [0.3, 0.4) is 0 Å². The van der Waals surface area contributed by atoms with Crippen molar-refractivity contribution < 1.29 is 20.1 Å². The second-order valence-electron chi connectivity index (χ2n) is 37.9. The summed E-state index contributed by atoms with van der Waals surface area (Å²) in [4.78, 5) is 23.3. The zero-order valence-electron chi connectivity index (χ0n) is 79.3. The predicted octanol–water partition coefficient (Wildman–Crippen LogP) is 35.3. The number of aryl methyl sites for hydroxylation is 2. The Hall–Kier alpha value is -12.5. The Labute approximate surface area is 807 Å². The third kappa shape index (κ3) is 18.9. The molecule has 6 heterocycles. The molecule has 2 aliphatic rings. The van der Waals surface area contributed by atoms with Gasteiger partial charge in [-0.25, -0.2) is 0 Å². The van der Waals surface area contributed by atoms with Gasteiger partial charge in [-0.1, -0.05) is 369 Å². The normalized spacial score (nSPS) is 12.7. The molecule has 0 saturated carbocycles. The van der Waals surface area contributed by atoms with E-state index in [9.17, 15) is 0 Å². The molecule has 0 bridgehead atoms. The number of hydrogen-bond acceptors (Lipinski definition) is 4. The molecule has 0 saturated heterocycles. The molecule has 19 aromatic rings. The van der Waals surface area contributed by atoms with Crippen molar-refractivity contribution in [1.82, 2.24) is 34.1 Å². The number of pyridine rings is 3. The summed E-state index contributed by atoms with van der Waals surface area (Å²) in [7, 11) is 0. The molecule has 674 valence electrons. The van der Waals surface area contributed by atoms with Gasteiger partial charge in [-0.05, 0) is 208 Å². The fourth-order valence-corrected chi connectivity index (χ4v) is 22.3. The zero-order chi connectivity index (χ0) is 90.5. The molecule has 0 atom stereocenters. The van der Waals surface area contributed by atoms with Gasteiger partial charge < -0.3 is 19.1 Å². The van der Waals surface area contributed by atoms with Crippen LogP contribution in [0.4, 0.5) is 0 Å². The van der Waals surface area contributed by atoms with Crippen molar-refractivity contribution in [2.24, 2.45) is 0 Å². The summed E-state index contributed by atoms with van der Waals surface area (Å²) in [5.74, 6) is 0.691. The number of imidazole rings is 1. The van der Waals surface area contributed by atoms with E-state index in [0.717, 1.165) is 39.2 Å². The summed E-state index contributed by atoms with van der Waals surface area (Å²) in [6.07, 6.45) is 42.0. The Morgan fingerprint density at radius 1 is 0.291 bits per heavy atom. The first-order valence-corrected chi connectivity index (χ1v) is 50.2. The van der Waals surface area contributed by atoms with Gasteiger partial charge in [0.1, 0.15) is 0 Å². The molecule has 6 aromatic heterocycles. The maximum atomic E-state index is 5.12. The average molecular weight is 1930 g/mol. The fraction of sp³-hybridized carbons (Fsp3) is 0.286. The molecule has 13 aromatic carbocycles. The number of rotatable bonds is 35. The van der Waals surface area contributed by atoms with Gasteiger partial charge in [0, 0.05) is 73.5 Å². The van der Waals surface area contributed by atoms with Crippen LogP contribution in [-0.4, -0.2) is 29.1 Å². The van der Waals surface area contributed by atoms with Crippen LogP contribution in [-0.2, 0) is 30.9 Å². The van der Waals surface area contributed by atoms with Crippen molar-refractivity contribution in [3.63, 3.8) is 0 Å². The van der Waals surface area contributed by atoms with E-state index < -0.39 is 0 Å². The fourth-order valence-electron chi connectivity index (χ4n) is 22.3. The SMILES string of the molecule is CCCCCCCCC1(CCCCCCCC)c2cc(-c3ccc(-c4ccc(C)c5cc[c-]cc45)nc3)ccc2-c2ccc(-n3c4ccccc4c4ccccc43)cc21.CCCCCCCCC1(CCCCCCCC)c2cc(-c3ccc(-c4ccc(C)c5cc[c-]cc45)nc3)ccc2-c2ccc(-n3c4ccccc4c4ccccc43)cc21.[Ir+3].c1ccc(-c2nc3ccccc3[n-]2)nc1. The Morgan fingerprint density at radius 2 is 0.642 bits per heavy atom.